The lowest BCUT2D eigenvalue weighted by molar-refractivity contribution is -0.148. The zero-order valence-electron chi connectivity index (χ0n) is 25.8. The smallest absolute Gasteiger partial charge is 0.309 e. The molecule has 0 saturated carbocycles. The summed E-state index contributed by atoms with van der Waals surface area (Å²) < 4.78 is 89.6. The predicted molar refractivity (Wildman–Crippen MR) is 95.0 cm³/mol. The van der Waals surface area contributed by atoms with Crippen molar-refractivity contribution in [1.29, 1.82) is 0 Å². The number of hydrogen-bond donors (Lipinski definition) is 3. The summed E-state index contributed by atoms with van der Waals surface area (Å²) in [5.74, 6) is -3.82. The van der Waals surface area contributed by atoms with Gasteiger partial charge in [0.1, 0.15) is 0 Å². The van der Waals surface area contributed by atoms with Crippen LogP contribution >= 0.6 is 0 Å². The molecule has 0 aliphatic heterocycles. The minimum Gasteiger partial charge on any atom is -0.481 e. The van der Waals surface area contributed by atoms with Crippen molar-refractivity contribution in [2.75, 3.05) is 0 Å². The van der Waals surface area contributed by atoms with Crippen LogP contribution in [0.15, 0.2) is 0 Å². The summed E-state index contributed by atoms with van der Waals surface area (Å²) >= 11 is 0. The van der Waals surface area contributed by atoms with E-state index < -0.39 is 69.1 Å². The van der Waals surface area contributed by atoms with Crippen molar-refractivity contribution in [1.82, 2.24) is 0 Å². The van der Waals surface area contributed by atoms with Crippen LogP contribution in [0.5, 0.6) is 0 Å². The quantitative estimate of drug-likeness (QED) is 0.399. The van der Waals surface area contributed by atoms with Gasteiger partial charge in [-0.25, -0.2) is 0 Å². The molecule has 0 fully saturated rings. The second-order valence-electron chi connectivity index (χ2n) is 6.27. The summed E-state index contributed by atoms with van der Waals surface area (Å²) in [6.07, 6.45) is -0.0713. The van der Waals surface area contributed by atoms with Gasteiger partial charge in [-0.2, -0.15) is 0 Å². The van der Waals surface area contributed by atoms with Gasteiger partial charge in [-0.05, 0) is 53.1 Å². The number of unbranched alkanes of at least 4 members (excludes halogenated alkanes) is 4. The van der Waals surface area contributed by atoms with Gasteiger partial charge in [-0.15, -0.1) is 0 Å². The normalized spacial score (nSPS) is 22.1. The first-order valence-corrected chi connectivity index (χ1v) is 8.14. The molecule has 5 heteroatoms. The summed E-state index contributed by atoms with van der Waals surface area (Å²) in [4.78, 5) is 23.2. The lowest BCUT2D eigenvalue weighted by Crippen LogP contribution is -2.23. The number of hydrogen-bond acceptors (Lipinski definition) is 3. The van der Waals surface area contributed by atoms with E-state index in [-0.39, 0.29) is 38.5 Å². The summed E-state index contributed by atoms with van der Waals surface area (Å²) in [5, 5.41) is 28.9. The van der Waals surface area contributed by atoms with Crippen LogP contribution in [0.3, 0.4) is 0 Å². The Balaban J connectivity index is 4.67. The Bertz CT molecular complexity index is 636. The first kappa shape index (κ1) is 9.56. The third-order valence-corrected chi connectivity index (χ3v) is 3.91. The Morgan fingerprint density at radius 1 is 0.792 bits per heavy atom. The summed E-state index contributed by atoms with van der Waals surface area (Å²) in [5.41, 5.74) is -5.76. The standard InChI is InChI=1S/C19H36O5/c1-18(2,16(21)22)13-9-5-7-11-15(20)12-8-6-10-14-19(3,4)17(23)24/h15,20H,5-14H2,1-4H3,(H,21,22)(H,23,24)/i1D3,2D3,3D3,4D3. The maximum absolute atomic E-state index is 11.6. The van der Waals surface area contributed by atoms with Crippen LogP contribution < -0.4 is 0 Å². The maximum Gasteiger partial charge on any atom is 0.309 e. The molecule has 0 atom stereocenters. The van der Waals surface area contributed by atoms with Crippen LogP contribution in [-0.2, 0) is 9.59 Å². The Morgan fingerprint density at radius 3 is 1.46 bits per heavy atom. The Labute approximate surface area is 163 Å². The molecule has 24 heavy (non-hydrogen) atoms. The zero-order valence-corrected chi connectivity index (χ0v) is 13.8. The largest absolute Gasteiger partial charge is 0.481 e. The molecule has 0 rings (SSSR count). The highest BCUT2D eigenvalue weighted by atomic mass is 16.4. The molecule has 0 radical (unpaired) electrons. The highest BCUT2D eigenvalue weighted by Crippen LogP contribution is 2.25. The number of carbonyl (C=O) groups is 2. The van der Waals surface area contributed by atoms with Gasteiger partial charge in [0.05, 0.1) is 16.9 Å². The van der Waals surface area contributed by atoms with Crippen molar-refractivity contribution >= 4 is 11.9 Å². The molecule has 0 unspecified atom stereocenters. The SMILES string of the molecule is [2H]C([2H])([2H])C(CCCCCC(O)CCCCCC(C(=O)O)(C([2H])([2H])[2H])C([2H])([2H])[2H])(C(=O)O)C([2H])([2H])[2H]. The van der Waals surface area contributed by atoms with Gasteiger partial charge in [-0.3, -0.25) is 9.59 Å². The molecule has 3 N–H and O–H groups in total. The van der Waals surface area contributed by atoms with E-state index in [1.165, 1.54) is 0 Å². The van der Waals surface area contributed by atoms with Crippen LogP contribution in [0, 0.1) is 10.8 Å². The minimum atomic E-state index is -3.24. The molecule has 0 aliphatic rings. The molecular formula is C19H36O5. The van der Waals surface area contributed by atoms with Crippen LogP contribution in [0.1, 0.15) is 108 Å². The van der Waals surface area contributed by atoms with Crippen molar-refractivity contribution in [2.24, 2.45) is 10.8 Å². The van der Waals surface area contributed by atoms with Gasteiger partial charge in [0, 0.05) is 16.4 Å². The van der Waals surface area contributed by atoms with Crippen LogP contribution in [0.25, 0.3) is 0 Å². The maximum atomic E-state index is 11.6. The minimum absolute atomic E-state index is 0.0112. The first-order chi connectivity index (χ1) is 16.0. The topological polar surface area (TPSA) is 94.8 Å². The molecule has 0 aromatic carbocycles. The molecule has 0 bridgehead atoms. The predicted octanol–water partition coefficient (Wildman–Crippen LogP) is 4.47. The Kier molecular flexibility index (Phi) is 4.26. The summed E-state index contributed by atoms with van der Waals surface area (Å²) in [6, 6.07) is 0. The summed E-state index contributed by atoms with van der Waals surface area (Å²) in [7, 11) is 0. The third-order valence-electron chi connectivity index (χ3n) is 3.91. The lowest BCUT2D eigenvalue weighted by Gasteiger charge is -2.19. The number of aliphatic carboxylic acids is 2. The van der Waals surface area contributed by atoms with Gasteiger partial charge in [0.2, 0.25) is 0 Å². The zero-order chi connectivity index (χ0) is 28.8. The van der Waals surface area contributed by atoms with E-state index in [1.807, 2.05) is 0 Å². The van der Waals surface area contributed by atoms with Gasteiger partial charge in [-0.1, -0.05) is 38.5 Å². The fraction of sp³-hybridized carbons (Fsp3) is 0.895. The van der Waals surface area contributed by atoms with Crippen LogP contribution in [0.4, 0.5) is 0 Å². The Morgan fingerprint density at radius 2 is 1.17 bits per heavy atom. The molecule has 5 nitrogen and oxygen atoms in total. The monoisotopic (exact) mass is 356 g/mol. The number of carboxylic acid groups (broad SMARTS) is 2. The average molecular weight is 357 g/mol. The van der Waals surface area contributed by atoms with Crippen molar-refractivity contribution in [3.8, 4) is 0 Å². The Hall–Kier alpha value is -1.10. The van der Waals surface area contributed by atoms with Gasteiger partial charge in [0.15, 0.2) is 0 Å². The van der Waals surface area contributed by atoms with Gasteiger partial charge >= 0.3 is 11.9 Å². The van der Waals surface area contributed by atoms with Crippen molar-refractivity contribution < 1.29 is 41.4 Å². The molecule has 0 aromatic heterocycles. The third kappa shape index (κ3) is 9.91. The van der Waals surface area contributed by atoms with E-state index in [4.69, 9.17) is 16.4 Å². The highest BCUT2D eigenvalue weighted by molar-refractivity contribution is 5.73. The molecule has 0 spiro atoms. The number of carboxylic acids is 2. The van der Waals surface area contributed by atoms with E-state index in [1.54, 1.807) is 0 Å². The van der Waals surface area contributed by atoms with E-state index in [0.717, 1.165) is 0 Å². The fourth-order valence-electron chi connectivity index (χ4n) is 2.25. The van der Waals surface area contributed by atoms with Crippen LogP contribution in [0.2, 0.25) is 0 Å². The molecule has 0 amide bonds. The van der Waals surface area contributed by atoms with Crippen molar-refractivity contribution in [3.05, 3.63) is 0 Å². The number of rotatable bonds is 14. The lowest BCUT2D eigenvalue weighted by atomic mass is 9.86. The van der Waals surface area contributed by atoms with E-state index in [2.05, 4.69) is 0 Å². The molecule has 0 heterocycles. The van der Waals surface area contributed by atoms with E-state index in [9.17, 15) is 24.9 Å². The van der Waals surface area contributed by atoms with Gasteiger partial charge < -0.3 is 15.3 Å². The number of aliphatic hydroxyl groups is 1. The first-order valence-electron chi connectivity index (χ1n) is 14.1. The van der Waals surface area contributed by atoms with E-state index >= 15 is 0 Å². The second kappa shape index (κ2) is 10.7. The summed E-state index contributed by atoms with van der Waals surface area (Å²) in [6.45, 7) is -12.9. The highest BCUT2D eigenvalue weighted by Gasteiger charge is 2.26. The molecule has 142 valence electrons. The average Bonchev–Trinajstić information content (AvgIpc) is 2.62. The second-order valence-corrected chi connectivity index (χ2v) is 6.27. The number of aliphatic hydroxyl groups excluding tert-OH is 1. The van der Waals surface area contributed by atoms with E-state index in [0.29, 0.717) is 12.8 Å². The van der Waals surface area contributed by atoms with Crippen LogP contribution in [-0.4, -0.2) is 33.4 Å². The van der Waals surface area contributed by atoms with Crippen molar-refractivity contribution in [3.63, 3.8) is 0 Å². The molecule has 0 saturated heterocycles. The van der Waals surface area contributed by atoms with Crippen molar-refractivity contribution in [2.45, 2.75) is 97.7 Å². The fourth-order valence-corrected chi connectivity index (χ4v) is 2.25. The van der Waals surface area contributed by atoms with Gasteiger partial charge in [0.25, 0.3) is 0 Å². The molecular weight excluding hydrogens is 308 g/mol. The molecule has 0 aromatic rings. The molecule has 0 aliphatic carbocycles.